The second-order valence-electron chi connectivity index (χ2n) is 10.3. The molecule has 1 aromatic rings. The average molecular weight is 575 g/mol. The Kier molecular flexibility index (Phi) is 7.84. The van der Waals surface area contributed by atoms with Gasteiger partial charge in [0.25, 0.3) is 9.70 Å². The molecule has 3 aliphatic rings. The van der Waals surface area contributed by atoms with Gasteiger partial charge >= 0.3 is 5.97 Å². The van der Waals surface area contributed by atoms with Crippen LogP contribution in [-0.4, -0.2) is 63.6 Å². The number of ether oxygens (including phenoxy) is 5. The molecular formula is C26H30Cl3NO7. The van der Waals surface area contributed by atoms with Gasteiger partial charge in [-0.1, -0.05) is 71.1 Å². The SMILES string of the molecule is C#C[C@@H](OC(C)=O)[C@@]1(NC(=O)C(Cl)(Cl)Cl)[C@@H]([C@H]2COC(C)(C)O2)C[C@]2(C)O[C@@H]2[C@H]1OCc1ccccc1. The summed E-state index contributed by atoms with van der Waals surface area (Å²) in [5, 5.41) is 2.85. The van der Waals surface area contributed by atoms with Crippen molar-refractivity contribution < 1.29 is 33.3 Å². The van der Waals surface area contributed by atoms with E-state index < -0.39 is 62.9 Å². The summed E-state index contributed by atoms with van der Waals surface area (Å²) in [6.07, 6.45) is 3.04. The third-order valence-electron chi connectivity index (χ3n) is 7.13. The monoisotopic (exact) mass is 573 g/mol. The topological polar surface area (TPSA) is 95.6 Å². The maximum absolute atomic E-state index is 13.3. The minimum atomic E-state index is -2.34. The number of epoxide rings is 1. The van der Waals surface area contributed by atoms with Gasteiger partial charge in [0.2, 0.25) is 0 Å². The summed E-state index contributed by atoms with van der Waals surface area (Å²) < 4.78 is 28.0. The standard InChI is InChI=1S/C26H30Cl3NO7/c1-6-19(35-15(2)31)25(30-22(32)26(27,28)29)17(18-14-34-23(3,4)36-18)12-24(5)20(37-24)21(25)33-13-16-10-8-7-9-11-16/h1,7-11,17-21H,12-14H2,2-5H3,(H,30,32)/t17-,18-,19-,20-,21-,24+,25+/m1/s1. The van der Waals surface area contributed by atoms with Crippen molar-refractivity contribution in [1.82, 2.24) is 5.32 Å². The highest BCUT2D eigenvalue weighted by molar-refractivity contribution is 6.76. The van der Waals surface area contributed by atoms with E-state index >= 15 is 0 Å². The fourth-order valence-corrected chi connectivity index (χ4v) is 5.63. The molecule has 0 bridgehead atoms. The molecule has 2 heterocycles. The molecule has 7 atom stereocenters. The van der Waals surface area contributed by atoms with E-state index in [1.165, 1.54) is 6.92 Å². The van der Waals surface area contributed by atoms with Gasteiger partial charge in [-0.3, -0.25) is 9.59 Å². The maximum atomic E-state index is 13.3. The van der Waals surface area contributed by atoms with Crippen LogP contribution in [-0.2, 0) is 39.9 Å². The number of carbonyl (C=O) groups is 2. The molecular weight excluding hydrogens is 545 g/mol. The van der Waals surface area contributed by atoms with E-state index in [4.69, 9.17) is 64.9 Å². The number of esters is 1. The predicted octanol–water partition coefficient (Wildman–Crippen LogP) is 3.69. The van der Waals surface area contributed by atoms with E-state index in [1.807, 2.05) is 37.3 Å². The summed E-state index contributed by atoms with van der Waals surface area (Å²) >= 11 is 18.0. The van der Waals surface area contributed by atoms with Crippen LogP contribution in [0.1, 0.15) is 39.7 Å². The van der Waals surface area contributed by atoms with Crippen LogP contribution in [0.15, 0.2) is 30.3 Å². The quantitative estimate of drug-likeness (QED) is 0.230. The van der Waals surface area contributed by atoms with Crippen molar-refractivity contribution in [2.45, 2.75) is 85.9 Å². The maximum Gasteiger partial charge on any atom is 0.303 e. The van der Waals surface area contributed by atoms with E-state index in [2.05, 4.69) is 11.2 Å². The molecule has 0 spiro atoms. The van der Waals surface area contributed by atoms with Crippen LogP contribution in [0.3, 0.4) is 0 Å². The van der Waals surface area contributed by atoms with Gasteiger partial charge < -0.3 is 29.0 Å². The van der Waals surface area contributed by atoms with Gasteiger partial charge in [0.05, 0.1) is 24.9 Å². The van der Waals surface area contributed by atoms with Crippen LogP contribution >= 0.6 is 34.8 Å². The van der Waals surface area contributed by atoms with Crippen molar-refractivity contribution in [1.29, 1.82) is 0 Å². The van der Waals surface area contributed by atoms with Crippen LogP contribution in [0.5, 0.6) is 0 Å². The lowest BCUT2D eigenvalue weighted by Crippen LogP contribution is -2.75. The highest BCUT2D eigenvalue weighted by Gasteiger charge is 2.74. The Balaban J connectivity index is 1.85. The molecule has 0 aromatic heterocycles. The lowest BCUT2D eigenvalue weighted by Gasteiger charge is -2.52. The zero-order valence-electron chi connectivity index (χ0n) is 21.0. The first kappa shape index (κ1) is 28.4. The highest BCUT2D eigenvalue weighted by atomic mass is 35.6. The molecule has 1 aliphatic carbocycles. The summed E-state index contributed by atoms with van der Waals surface area (Å²) in [4.78, 5) is 25.5. The Hall–Kier alpha value is -1.57. The zero-order chi connectivity index (χ0) is 27.2. The van der Waals surface area contributed by atoms with Gasteiger partial charge in [-0.2, -0.15) is 0 Å². The Morgan fingerprint density at radius 3 is 2.43 bits per heavy atom. The minimum absolute atomic E-state index is 0.157. The largest absolute Gasteiger partial charge is 0.447 e. The number of amides is 1. The van der Waals surface area contributed by atoms with Crippen LogP contribution in [0.4, 0.5) is 0 Å². The molecule has 37 heavy (non-hydrogen) atoms. The van der Waals surface area contributed by atoms with E-state index in [1.54, 1.807) is 13.8 Å². The number of rotatable bonds is 7. The number of nitrogens with one attached hydrogen (secondary N) is 1. The minimum Gasteiger partial charge on any atom is -0.447 e. The van der Waals surface area contributed by atoms with Crippen molar-refractivity contribution in [3.8, 4) is 12.3 Å². The second kappa shape index (κ2) is 10.2. The molecule has 0 radical (unpaired) electrons. The number of carbonyl (C=O) groups excluding carboxylic acids is 2. The van der Waals surface area contributed by atoms with E-state index in [0.29, 0.717) is 6.42 Å². The molecule has 0 unspecified atom stereocenters. The fraction of sp³-hybridized carbons (Fsp3) is 0.615. The lowest BCUT2D eigenvalue weighted by atomic mass is 9.62. The number of fused-ring (bicyclic) bond motifs is 1. The smallest absolute Gasteiger partial charge is 0.303 e. The molecule has 4 rings (SSSR count). The first-order valence-corrected chi connectivity index (χ1v) is 13.0. The highest BCUT2D eigenvalue weighted by Crippen LogP contribution is 2.58. The Morgan fingerprint density at radius 1 is 1.22 bits per heavy atom. The van der Waals surface area contributed by atoms with E-state index in [0.717, 1.165) is 5.56 Å². The summed E-state index contributed by atoms with van der Waals surface area (Å²) in [7, 11) is 0. The van der Waals surface area contributed by atoms with Crippen LogP contribution in [0, 0.1) is 18.3 Å². The van der Waals surface area contributed by atoms with Crippen molar-refractivity contribution >= 4 is 46.7 Å². The number of alkyl halides is 3. The molecule has 2 saturated heterocycles. The molecule has 11 heteroatoms. The fourth-order valence-electron chi connectivity index (χ4n) is 5.48. The van der Waals surface area contributed by atoms with Gasteiger partial charge in [-0.05, 0) is 32.8 Å². The van der Waals surface area contributed by atoms with Crippen LogP contribution in [0.2, 0.25) is 0 Å². The molecule has 1 amide bonds. The van der Waals surface area contributed by atoms with Crippen molar-refractivity contribution in [2.75, 3.05) is 6.61 Å². The Bertz CT molecular complexity index is 1070. The predicted molar refractivity (Wildman–Crippen MR) is 137 cm³/mol. The lowest BCUT2D eigenvalue weighted by molar-refractivity contribution is -0.182. The zero-order valence-corrected chi connectivity index (χ0v) is 23.2. The number of terminal acetylenes is 1. The normalized spacial score (nSPS) is 35.1. The summed E-state index contributed by atoms with van der Waals surface area (Å²) in [5.74, 6) is -0.583. The van der Waals surface area contributed by atoms with Crippen molar-refractivity contribution in [3.05, 3.63) is 35.9 Å². The molecule has 1 N–H and O–H groups in total. The molecule has 2 aliphatic heterocycles. The average Bonchev–Trinajstić information content (AvgIpc) is 3.36. The van der Waals surface area contributed by atoms with Gasteiger partial charge in [-0.15, -0.1) is 6.42 Å². The summed E-state index contributed by atoms with van der Waals surface area (Å²) in [6.45, 7) is 7.08. The molecule has 202 valence electrons. The van der Waals surface area contributed by atoms with E-state index in [9.17, 15) is 9.59 Å². The van der Waals surface area contributed by atoms with Crippen LogP contribution < -0.4 is 5.32 Å². The third-order valence-corrected chi connectivity index (χ3v) is 7.65. The van der Waals surface area contributed by atoms with Crippen molar-refractivity contribution in [2.24, 2.45) is 5.92 Å². The van der Waals surface area contributed by atoms with Gasteiger partial charge in [-0.25, -0.2) is 0 Å². The molecule has 8 nitrogen and oxygen atoms in total. The number of benzene rings is 1. The summed E-state index contributed by atoms with van der Waals surface area (Å²) in [5.41, 5.74) is -1.32. The third kappa shape index (κ3) is 5.74. The number of hydrogen-bond donors (Lipinski definition) is 1. The number of halogens is 3. The summed E-state index contributed by atoms with van der Waals surface area (Å²) in [6, 6.07) is 9.45. The van der Waals surface area contributed by atoms with Crippen LogP contribution in [0.25, 0.3) is 0 Å². The first-order valence-electron chi connectivity index (χ1n) is 11.9. The van der Waals surface area contributed by atoms with Gasteiger partial charge in [0.1, 0.15) is 17.7 Å². The Morgan fingerprint density at radius 2 is 1.89 bits per heavy atom. The second-order valence-corrected chi connectivity index (χ2v) is 12.6. The molecule has 1 aromatic carbocycles. The van der Waals surface area contributed by atoms with Gasteiger partial charge in [0, 0.05) is 12.8 Å². The van der Waals surface area contributed by atoms with Crippen molar-refractivity contribution in [3.63, 3.8) is 0 Å². The van der Waals surface area contributed by atoms with E-state index in [-0.39, 0.29) is 13.2 Å². The molecule has 3 fully saturated rings. The number of hydrogen-bond acceptors (Lipinski definition) is 7. The first-order chi connectivity index (χ1) is 17.2. The molecule has 1 saturated carbocycles. The Labute approximate surface area is 231 Å². The van der Waals surface area contributed by atoms with Gasteiger partial charge in [0.15, 0.2) is 11.9 Å².